The Morgan fingerprint density at radius 1 is 1.45 bits per heavy atom. The number of hydrogen-bond acceptors (Lipinski definition) is 4. The molecule has 0 radical (unpaired) electrons. The lowest BCUT2D eigenvalue weighted by atomic mass is 10.1. The molecule has 20 heavy (non-hydrogen) atoms. The van der Waals surface area contributed by atoms with Gasteiger partial charge in [-0.3, -0.25) is 9.69 Å². The molecule has 2 N–H and O–H groups in total. The van der Waals surface area contributed by atoms with E-state index in [9.17, 15) is 4.79 Å². The van der Waals surface area contributed by atoms with Crippen molar-refractivity contribution in [1.82, 2.24) is 15.5 Å². The van der Waals surface area contributed by atoms with Crippen molar-refractivity contribution in [3.8, 4) is 0 Å². The van der Waals surface area contributed by atoms with E-state index in [1.807, 2.05) is 0 Å². The molecule has 0 aromatic rings. The van der Waals surface area contributed by atoms with Crippen molar-refractivity contribution in [3.63, 3.8) is 0 Å². The molecule has 2 rings (SSSR count). The van der Waals surface area contributed by atoms with Gasteiger partial charge in [0.25, 0.3) is 0 Å². The lowest BCUT2D eigenvalue weighted by Crippen LogP contribution is -2.50. The number of carbonyl (C=O) groups excluding carboxylic acids is 1. The summed E-state index contributed by atoms with van der Waals surface area (Å²) >= 11 is 0. The fourth-order valence-electron chi connectivity index (χ4n) is 2.92. The van der Waals surface area contributed by atoms with Crippen LogP contribution >= 0.6 is 0 Å². The Kier molecular flexibility index (Phi) is 6.26. The maximum Gasteiger partial charge on any atom is 0.233 e. The van der Waals surface area contributed by atoms with Gasteiger partial charge in [0.2, 0.25) is 5.91 Å². The first-order valence-corrected chi connectivity index (χ1v) is 7.98. The van der Waals surface area contributed by atoms with Crippen LogP contribution in [-0.4, -0.2) is 62.3 Å². The summed E-state index contributed by atoms with van der Waals surface area (Å²) in [4.78, 5) is 14.2. The van der Waals surface area contributed by atoms with Gasteiger partial charge < -0.3 is 15.4 Å². The Hall–Kier alpha value is -0.650. The lowest BCUT2D eigenvalue weighted by molar-refractivity contribution is -0.120. The Balaban J connectivity index is 1.53. The predicted molar refractivity (Wildman–Crippen MR) is 79.7 cm³/mol. The number of nitrogens with zero attached hydrogens (tertiary/aromatic N) is 1. The number of nitrogens with one attached hydrogen (secondary N) is 2. The van der Waals surface area contributed by atoms with Crippen LogP contribution in [0.5, 0.6) is 0 Å². The van der Waals surface area contributed by atoms with E-state index in [1.54, 1.807) is 0 Å². The molecule has 2 unspecified atom stereocenters. The zero-order valence-electron chi connectivity index (χ0n) is 12.9. The summed E-state index contributed by atoms with van der Waals surface area (Å²) in [6.07, 6.45) is 3.84. The quantitative estimate of drug-likeness (QED) is 0.718. The van der Waals surface area contributed by atoms with E-state index in [2.05, 4.69) is 29.4 Å². The van der Waals surface area contributed by atoms with Gasteiger partial charge in [0.1, 0.15) is 0 Å². The highest BCUT2D eigenvalue weighted by molar-refractivity contribution is 5.77. The molecule has 2 atom stereocenters. The monoisotopic (exact) mass is 283 g/mol. The van der Waals surface area contributed by atoms with Crippen molar-refractivity contribution >= 4 is 5.91 Å². The molecule has 0 aromatic heterocycles. The molecule has 0 bridgehead atoms. The first-order valence-electron chi connectivity index (χ1n) is 7.98. The fraction of sp³-hybridized carbons (Fsp3) is 0.933. The maximum atomic E-state index is 11.6. The summed E-state index contributed by atoms with van der Waals surface area (Å²) in [5, 5.41) is 6.15. The van der Waals surface area contributed by atoms with Crippen LogP contribution in [0, 0.1) is 5.92 Å². The minimum absolute atomic E-state index is 0.0838. The van der Waals surface area contributed by atoms with E-state index in [0.717, 1.165) is 32.7 Å². The number of morpholine rings is 1. The fourth-order valence-corrected chi connectivity index (χ4v) is 2.92. The van der Waals surface area contributed by atoms with Gasteiger partial charge in [-0.2, -0.15) is 0 Å². The van der Waals surface area contributed by atoms with Gasteiger partial charge in [0.15, 0.2) is 0 Å². The maximum absolute atomic E-state index is 11.6. The highest BCUT2D eigenvalue weighted by atomic mass is 16.5. The van der Waals surface area contributed by atoms with Gasteiger partial charge in [-0.25, -0.2) is 0 Å². The van der Waals surface area contributed by atoms with Crippen LogP contribution < -0.4 is 10.6 Å². The lowest BCUT2D eigenvalue weighted by Gasteiger charge is -2.35. The predicted octanol–water partition coefficient (Wildman–Crippen LogP) is 0.602. The first kappa shape index (κ1) is 15.7. The third-order valence-electron chi connectivity index (χ3n) is 4.16. The Labute approximate surface area is 122 Å². The largest absolute Gasteiger partial charge is 0.374 e. The number of amides is 1. The van der Waals surface area contributed by atoms with E-state index in [4.69, 9.17) is 4.74 Å². The third-order valence-corrected chi connectivity index (χ3v) is 4.16. The molecule has 2 heterocycles. The van der Waals surface area contributed by atoms with Gasteiger partial charge in [-0.05, 0) is 31.7 Å². The van der Waals surface area contributed by atoms with Gasteiger partial charge in [0, 0.05) is 25.7 Å². The van der Waals surface area contributed by atoms with Crippen LogP contribution in [0.4, 0.5) is 0 Å². The molecule has 2 fully saturated rings. The molecule has 1 amide bonds. The van der Waals surface area contributed by atoms with Crippen molar-refractivity contribution in [2.75, 3.05) is 39.3 Å². The second-order valence-corrected chi connectivity index (χ2v) is 6.41. The van der Waals surface area contributed by atoms with Crippen molar-refractivity contribution in [2.24, 2.45) is 5.92 Å². The van der Waals surface area contributed by atoms with Crippen LogP contribution in [0.1, 0.15) is 33.1 Å². The van der Waals surface area contributed by atoms with Crippen LogP contribution in [0.2, 0.25) is 0 Å². The van der Waals surface area contributed by atoms with Crippen molar-refractivity contribution in [3.05, 3.63) is 0 Å². The van der Waals surface area contributed by atoms with Gasteiger partial charge in [-0.1, -0.05) is 13.8 Å². The minimum atomic E-state index is 0.0838. The second kappa shape index (κ2) is 7.96. The molecule has 0 aliphatic carbocycles. The SMILES string of the molecule is CC(C)CCNC(=O)CNCC1CN2CCCC2CO1. The van der Waals surface area contributed by atoms with Crippen LogP contribution in [0.3, 0.4) is 0 Å². The van der Waals surface area contributed by atoms with E-state index in [0.29, 0.717) is 18.5 Å². The standard InChI is InChI=1S/C15H29N3O2/c1-12(2)5-6-17-15(19)9-16-8-14-10-18-7-3-4-13(18)11-20-14/h12-14,16H,3-11H2,1-2H3,(H,17,19). The van der Waals surface area contributed by atoms with Crippen LogP contribution in [-0.2, 0) is 9.53 Å². The smallest absolute Gasteiger partial charge is 0.233 e. The van der Waals surface area contributed by atoms with Gasteiger partial charge in [-0.15, -0.1) is 0 Å². The Morgan fingerprint density at radius 3 is 3.10 bits per heavy atom. The molecule has 0 saturated carbocycles. The van der Waals surface area contributed by atoms with E-state index in [1.165, 1.54) is 19.4 Å². The molecule has 5 heteroatoms. The zero-order valence-corrected chi connectivity index (χ0v) is 12.9. The normalized spacial score (nSPS) is 26.8. The van der Waals surface area contributed by atoms with E-state index in [-0.39, 0.29) is 12.0 Å². The number of ether oxygens (including phenoxy) is 1. The summed E-state index contributed by atoms with van der Waals surface area (Å²) in [6.45, 7) is 9.32. The summed E-state index contributed by atoms with van der Waals surface area (Å²) < 4.78 is 5.85. The topological polar surface area (TPSA) is 53.6 Å². The van der Waals surface area contributed by atoms with Gasteiger partial charge >= 0.3 is 0 Å². The first-order chi connectivity index (χ1) is 9.65. The molecule has 2 aliphatic rings. The molecule has 2 aliphatic heterocycles. The van der Waals surface area contributed by atoms with Crippen molar-refractivity contribution < 1.29 is 9.53 Å². The highest BCUT2D eigenvalue weighted by Gasteiger charge is 2.31. The third kappa shape index (κ3) is 5.04. The second-order valence-electron chi connectivity index (χ2n) is 6.41. The minimum Gasteiger partial charge on any atom is -0.374 e. The zero-order chi connectivity index (χ0) is 14.4. The van der Waals surface area contributed by atoms with Crippen molar-refractivity contribution in [2.45, 2.75) is 45.3 Å². The summed E-state index contributed by atoms with van der Waals surface area (Å²) in [7, 11) is 0. The average Bonchev–Trinajstić information content (AvgIpc) is 2.85. The summed E-state index contributed by atoms with van der Waals surface area (Å²) in [5.41, 5.74) is 0. The van der Waals surface area contributed by atoms with Crippen LogP contribution in [0.15, 0.2) is 0 Å². The number of carbonyl (C=O) groups is 1. The molecule has 5 nitrogen and oxygen atoms in total. The number of fused-ring (bicyclic) bond motifs is 1. The number of hydrogen-bond donors (Lipinski definition) is 2. The molecule has 116 valence electrons. The highest BCUT2D eigenvalue weighted by Crippen LogP contribution is 2.22. The Morgan fingerprint density at radius 2 is 2.30 bits per heavy atom. The molecule has 0 spiro atoms. The Bertz CT molecular complexity index is 309. The van der Waals surface area contributed by atoms with Crippen LogP contribution in [0.25, 0.3) is 0 Å². The summed E-state index contributed by atoms with van der Waals surface area (Å²) in [5.74, 6) is 0.716. The van der Waals surface area contributed by atoms with E-state index >= 15 is 0 Å². The average molecular weight is 283 g/mol. The van der Waals surface area contributed by atoms with Gasteiger partial charge in [0.05, 0.1) is 19.3 Å². The molecular weight excluding hydrogens is 254 g/mol. The van der Waals surface area contributed by atoms with Crippen molar-refractivity contribution in [1.29, 1.82) is 0 Å². The van der Waals surface area contributed by atoms with E-state index < -0.39 is 0 Å². The summed E-state index contributed by atoms with van der Waals surface area (Å²) in [6, 6.07) is 0.644. The molecule has 2 saturated heterocycles. The number of rotatable bonds is 7. The molecule has 0 aromatic carbocycles. The molecular formula is C15H29N3O2.